The fourth-order valence-corrected chi connectivity index (χ4v) is 4.64. The van der Waals surface area contributed by atoms with Crippen LogP contribution in [0.2, 0.25) is 0 Å². The number of hydrogen-bond acceptors (Lipinski definition) is 3. The molecule has 2 heterocycles. The van der Waals surface area contributed by atoms with E-state index in [4.69, 9.17) is 0 Å². The molecule has 0 saturated carbocycles. The van der Waals surface area contributed by atoms with Crippen molar-refractivity contribution in [3.05, 3.63) is 63.9 Å². The van der Waals surface area contributed by atoms with Gasteiger partial charge in [0.05, 0.1) is 17.3 Å². The van der Waals surface area contributed by atoms with Crippen molar-refractivity contribution >= 4 is 22.9 Å². The lowest BCUT2D eigenvalue weighted by Gasteiger charge is -2.37. The maximum absolute atomic E-state index is 12.6. The summed E-state index contributed by atoms with van der Waals surface area (Å²) in [7, 11) is 3.61. The molecule has 2 aliphatic rings. The molecule has 1 N–H and O–H groups in total. The van der Waals surface area contributed by atoms with E-state index in [2.05, 4.69) is 41.0 Å². The Morgan fingerprint density at radius 2 is 2.13 bits per heavy atom. The van der Waals surface area contributed by atoms with Crippen molar-refractivity contribution in [1.29, 1.82) is 0 Å². The van der Waals surface area contributed by atoms with Gasteiger partial charge < -0.3 is 10.2 Å². The molecule has 4 rings (SSSR count). The standard InChI is InChI=1S/C19H20N2OS/c1-21(2)19(22)15-9-4-7-13-12-6-3-8-14(12)18(20-17(13)15)16-10-5-11-23-16/h3-7,9-12,14,18,20H,8H2,1-2H3. The number of thiophene rings is 1. The minimum Gasteiger partial charge on any atom is -0.376 e. The predicted octanol–water partition coefficient (Wildman–Crippen LogP) is 4.28. The third-order valence-electron chi connectivity index (χ3n) is 4.88. The third kappa shape index (κ3) is 2.29. The molecule has 1 aromatic carbocycles. The molecule has 118 valence electrons. The van der Waals surface area contributed by atoms with Gasteiger partial charge in [-0.25, -0.2) is 0 Å². The van der Waals surface area contributed by atoms with E-state index in [1.807, 2.05) is 12.1 Å². The number of amides is 1. The van der Waals surface area contributed by atoms with Crippen LogP contribution in [0, 0.1) is 5.92 Å². The van der Waals surface area contributed by atoms with Crippen LogP contribution in [-0.4, -0.2) is 24.9 Å². The molecular weight excluding hydrogens is 304 g/mol. The average molecular weight is 324 g/mol. The summed E-state index contributed by atoms with van der Waals surface area (Å²) in [4.78, 5) is 15.6. The van der Waals surface area contributed by atoms with Crippen molar-refractivity contribution in [2.75, 3.05) is 19.4 Å². The number of hydrogen-bond donors (Lipinski definition) is 1. The van der Waals surface area contributed by atoms with Gasteiger partial charge in [-0.15, -0.1) is 11.3 Å². The van der Waals surface area contributed by atoms with Crippen molar-refractivity contribution < 1.29 is 4.79 Å². The fraction of sp³-hybridized carbons (Fsp3) is 0.316. The van der Waals surface area contributed by atoms with Gasteiger partial charge in [0, 0.05) is 24.9 Å². The number of benzene rings is 1. The van der Waals surface area contributed by atoms with E-state index in [1.165, 1.54) is 10.4 Å². The lowest BCUT2D eigenvalue weighted by Crippen LogP contribution is -2.31. The first kappa shape index (κ1) is 14.5. The molecule has 0 saturated heterocycles. The van der Waals surface area contributed by atoms with E-state index >= 15 is 0 Å². The largest absolute Gasteiger partial charge is 0.376 e. The second-order valence-corrected chi connectivity index (χ2v) is 7.44. The Morgan fingerprint density at radius 1 is 1.26 bits per heavy atom. The topological polar surface area (TPSA) is 32.3 Å². The number of carbonyl (C=O) groups excluding carboxylic acids is 1. The molecule has 3 unspecified atom stereocenters. The minimum atomic E-state index is 0.0553. The normalized spacial score (nSPS) is 24.7. The van der Waals surface area contributed by atoms with Gasteiger partial charge in [-0.3, -0.25) is 4.79 Å². The zero-order chi connectivity index (χ0) is 16.0. The third-order valence-corrected chi connectivity index (χ3v) is 5.84. The van der Waals surface area contributed by atoms with Crippen LogP contribution in [0.5, 0.6) is 0 Å². The number of nitrogens with zero attached hydrogens (tertiary/aromatic N) is 1. The Kier molecular flexibility index (Phi) is 3.49. The summed E-state index contributed by atoms with van der Waals surface area (Å²) in [6.07, 6.45) is 5.69. The maximum atomic E-state index is 12.6. The number of carbonyl (C=O) groups is 1. The Morgan fingerprint density at radius 3 is 2.87 bits per heavy atom. The van der Waals surface area contributed by atoms with Crippen LogP contribution in [0.4, 0.5) is 5.69 Å². The molecule has 0 radical (unpaired) electrons. The molecule has 0 fully saturated rings. The van der Waals surface area contributed by atoms with Gasteiger partial charge in [0.2, 0.25) is 0 Å². The van der Waals surface area contributed by atoms with Crippen LogP contribution in [0.15, 0.2) is 47.9 Å². The summed E-state index contributed by atoms with van der Waals surface area (Å²) >= 11 is 1.79. The first-order chi connectivity index (χ1) is 11.2. The van der Waals surface area contributed by atoms with Gasteiger partial charge in [0.15, 0.2) is 0 Å². The molecule has 2 aromatic rings. The molecular formula is C19H20N2OS. The van der Waals surface area contributed by atoms with Gasteiger partial charge in [-0.1, -0.05) is 30.4 Å². The molecule has 1 aromatic heterocycles. The number of nitrogens with one attached hydrogen (secondary N) is 1. The zero-order valence-electron chi connectivity index (χ0n) is 13.3. The van der Waals surface area contributed by atoms with Crippen LogP contribution >= 0.6 is 11.3 Å². The highest BCUT2D eigenvalue weighted by Gasteiger charge is 2.39. The molecule has 3 nitrogen and oxygen atoms in total. The summed E-state index contributed by atoms with van der Waals surface area (Å²) in [6.45, 7) is 0. The van der Waals surface area contributed by atoms with Crippen molar-refractivity contribution in [2.24, 2.45) is 5.92 Å². The number of fused-ring (bicyclic) bond motifs is 3. The quantitative estimate of drug-likeness (QED) is 0.836. The predicted molar refractivity (Wildman–Crippen MR) is 95.1 cm³/mol. The summed E-state index contributed by atoms with van der Waals surface area (Å²) in [5.41, 5.74) is 3.04. The molecule has 1 amide bonds. The monoisotopic (exact) mass is 324 g/mol. The Labute approximate surface area is 140 Å². The van der Waals surface area contributed by atoms with Gasteiger partial charge in [0.25, 0.3) is 5.91 Å². The Bertz CT molecular complexity index is 764. The zero-order valence-corrected chi connectivity index (χ0v) is 14.1. The molecule has 3 atom stereocenters. The van der Waals surface area contributed by atoms with E-state index in [0.717, 1.165) is 17.7 Å². The molecule has 1 aliphatic heterocycles. The smallest absolute Gasteiger partial charge is 0.255 e. The lowest BCUT2D eigenvalue weighted by molar-refractivity contribution is 0.0828. The Balaban J connectivity index is 1.84. The van der Waals surface area contributed by atoms with Gasteiger partial charge in [-0.05, 0) is 35.4 Å². The van der Waals surface area contributed by atoms with E-state index in [-0.39, 0.29) is 11.9 Å². The summed E-state index contributed by atoms with van der Waals surface area (Å²) in [5, 5.41) is 5.82. The molecule has 0 bridgehead atoms. The second kappa shape index (κ2) is 5.53. The van der Waals surface area contributed by atoms with Crippen LogP contribution in [0.3, 0.4) is 0 Å². The molecule has 4 heteroatoms. The van der Waals surface area contributed by atoms with E-state index < -0.39 is 0 Å². The van der Waals surface area contributed by atoms with E-state index in [0.29, 0.717) is 11.8 Å². The van der Waals surface area contributed by atoms with Crippen molar-refractivity contribution in [2.45, 2.75) is 18.4 Å². The van der Waals surface area contributed by atoms with Crippen LogP contribution < -0.4 is 5.32 Å². The average Bonchev–Trinajstić information content (AvgIpc) is 3.24. The second-order valence-electron chi connectivity index (χ2n) is 6.46. The molecule has 0 spiro atoms. The minimum absolute atomic E-state index is 0.0553. The van der Waals surface area contributed by atoms with Crippen molar-refractivity contribution in [3.63, 3.8) is 0 Å². The number of anilines is 1. The molecule has 23 heavy (non-hydrogen) atoms. The van der Waals surface area contributed by atoms with Gasteiger partial charge in [-0.2, -0.15) is 0 Å². The van der Waals surface area contributed by atoms with Crippen LogP contribution in [-0.2, 0) is 0 Å². The Hall–Kier alpha value is -2.07. The highest BCUT2D eigenvalue weighted by molar-refractivity contribution is 7.10. The maximum Gasteiger partial charge on any atom is 0.255 e. The number of rotatable bonds is 2. The summed E-state index contributed by atoms with van der Waals surface area (Å²) in [5.74, 6) is 0.985. The number of para-hydroxylation sites is 1. The van der Waals surface area contributed by atoms with Crippen molar-refractivity contribution in [1.82, 2.24) is 4.90 Å². The van der Waals surface area contributed by atoms with E-state index in [1.54, 1.807) is 30.3 Å². The first-order valence-electron chi connectivity index (χ1n) is 7.98. The van der Waals surface area contributed by atoms with Crippen LogP contribution in [0.25, 0.3) is 0 Å². The first-order valence-corrected chi connectivity index (χ1v) is 8.86. The fourth-order valence-electron chi connectivity index (χ4n) is 3.79. The van der Waals surface area contributed by atoms with Gasteiger partial charge in [0.1, 0.15) is 0 Å². The summed E-state index contributed by atoms with van der Waals surface area (Å²) < 4.78 is 0. The number of allylic oxidation sites excluding steroid dienone is 2. The van der Waals surface area contributed by atoms with E-state index in [9.17, 15) is 4.79 Å². The highest BCUT2D eigenvalue weighted by Crippen LogP contribution is 2.51. The SMILES string of the molecule is CN(C)C(=O)c1cccc2c1NC(c1cccs1)C1CC=CC21. The lowest BCUT2D eigenvalue weighted by atomic mass is 9.78. The van der Waals surface area contributed by atoms with Crippen LogP contribution in [0.1, 0.15) is 39.2 Å². The molecule has 1 aliphatic carbocycles. The highest BCUT2D eigenvalue weighted by atomic mass is 32.1. The summed E-state index contributed by atoms with van der Waals surface area (Å²) in [6, 6.07) is 10.7. The van der Waals surface area contributed by atoms with Crippen molar-refractivity contribution in [3.8, 4) is 0 Å². The van der Waals surface area contributed by atoms with Gasteiger partial charge >= 0.3 is 0 Å².